The summed E-state index contributed by atoms with van der Waals surface area (Å²) in [6, 6.07) is 8.38. The molecule has 0 fully saturated rings. The summed E-state index contributed by atoms with van der Waals surface area (Å²) < 4.78 is 1.07. The molecular weight excluding hydrogens is 318 g/mol. The van der Waals surface area contributed by atoms with E-state index in [1.807, 2.05) is 12.1 Å². The van der Waals surface area contributed by atoms with Crippen molar-refractivity contribution in [1.82, 2.24) is 0 Å². The Morgan fingerprint density at radius 3 is 2.72 bits per heavy atom. The summed E-state index contributed by atoms with van der Waals surface area (Å²) in [5.74, 6) is 0. The quantitative estimate of drug-likeness (QED) is 0.510. The van der Waals surface area contributed by atoms with Crippen LogP contribution in [0.3, 0.4) is 0 Å². The van der Waals surface area contributed by atoms with E-state index in [9.17, 15) is 10.1 Å². The number of anilines is 2. The minimum Gasteiger partial charge on any atom is -0.397 e. The lowest BCUT2D eigenvalue weighted by Gasteiger charge is -2.07. The summed E-state index contributed by atoms with van der Waals surface area (Å²) in [7, 11) is 0. The molecule has 0 atom stereocenters. The van der Waals surface area contributed by atoms with Crippen LogP contribution in [0, 0.1) is 10.1 Å². The normalized spacial score (nSPS) is 10.3. The van der Waals surface area contributed by atoms with E-state index in [2.05, 4.69) is 21.2 Å². The molecule has 7 heteroatoms. The van der Waals surface area contributed by atoms with Crippen LogP contribution in [0.4, 0.5) is 17.1 Å². The van der Waals surface area contributed by atoms with Gasteiger partial charge in [-0.15, -0.1) is 11.3 Å². The predicted octanol–water partition coefficient (Wildman–Crippen LogP) is 3.61. The van der Waals surface area contributed by atoms with Gasteiger partial charge in [-0.25, -0.2) is 0 Å². The fourth-order valence-corrected chi connectivity index (χ4v) is 2.88. The van der Waals surface area contributed by atoms with Gasteiger partial charge in [-0.05, 0) is 34.1 Å². The minimum absolute atomic E-state index is 0.00285. The number of halogens is 1. The average molecular weight is 328 g/mol. The number of nitro benzene ring substituents is 1. The van der Waals surface area contributed by atoms with Crippen LogP contribution in [0.5, 0.6) is 0 Å². The van der Waals surface area contributed by atoms with Gasteiger partial charge in [0, 0.05) is 23.6 Å². The highest BCUT2D eigenvalue weighted by Crippen LogP contribution is 2.26. The molecular formula is C11H10BrN3O2S. The third kappa shape index (κ3) is 2.99. The van der Waals surface area contributed by atoms with E-state index in [1.165, 1.54) is 12.1 Å². The number of hydrogen-bond donors (Lipinski definition) is 2. The highest BCUT2D eigenvalue weighted by molar-refractivity contribution is 9.11. The van der Waals surface area contributed by atoms with E-state index in [1.54, 1.807) is 17.4 Å². The van der Waals surface area contributed by atoms with Gasteiger partial charge in [-0.1, -0.05) is 0 Å². The molecule has 2 rings (SSSR count). The van der Waals surface area contributed by atoms with Crippen LogP contribution in [-0.2, 0) is 6.54 Å². The van der Waals surface area contributed by atoms with Crippen molar-refractivity contribution in [3.8, 4) is 0 Å². The van der Waals surface area contributed by atoms with Crippen molar-refractivity contribution in [2.45, 2.75) is 6.54 Å². The second-order valence-corrected chi connectivity index (χ2v) is 6.14. The van der Waals surface area contributed by atoms with Gasteiger partial charge in [0.25, 0.3) is 5.69 Å². The summed E-state index contributed by atoms with van der Waals surface area (Å²) >= 11 is 5.02. The van der Waals surface area contributed by atoms with E-state index in [0.717, 1.165) is 8.66 Å². The molecule has 0 aliphatic carbocycles. The maximum absolute atomic E-state index is 10.6. The van der Waals surface area contributed by atoms with Crippen LogP contribution in [0.25, 0.3) is 0 Å². The van der Waals surface area contributed by atoms with Crippen LogP contribution < -0.4 is 11.1 Å². The Morgan fingerprint density at radius 1 is 1.39 bits per heavy atom. The van der Waals surface area contributed by atoms with Crippen molar-refractivity contribution >= 4 is 44.3 Å². The summed E-state index contributed by atoms with van der Waals surface area (Å²) in [5.41, 5.74) is 6.83. The third-order valence-corrected chi connectivity index (χ3v) is 3.95. The zero-order chi connectivity index (χ0) is 13.1. The molecule has 2 aromatic rings. The van der Waals surface area contributed by atoms with E-state index in [4.69, 9.17) is 5.73 Å². The van der Waals surface area contributed by atoms with E-state index in [0.29, 0.717) is 17.9 Å². The van der Waals surface area contributed by atoms with Gasteiger partial charge in [0.1, 0.15) is 0 Å². The first-order valence-corrected chi connectivity index (χ1v) is 6.69. The number of nitrogen functional groups attached to an aromatic ring is 1. The first kappa shape index (κ1) is 12.8. The van der Waals surface area contributed by atoms with E-state index >= 15 is 0 Å². The first-order valence-electron chi connectivity index (χ1n) is 5.08. The minimum atomic E-state index is -0.462. The Labute approximate surface area is 116 Å². The number of non-ortho nitro benzene ring substituents is 1. The molecule has 3 N–H and O–H groups in total. The largest absolute Gasteiger partial charge is 0.397 e. The second-order valence-electron chi connectivity index (χ2n) is 3.59. The monoisotopic (exact) mass is 327 g/mol. The molecule has 1 aromatic carbocycles. The number of nitrogens with two attached hydrogens (primary N) is 1. The smallest absolute Gasteiger partial charge is 0.271 e. The summed E-state index contributed by atoms with van der Waals surface area (Å²) in [6.45, 7) is 0.637. The number of benzene rings is 1. The summed E-state index contributed by atoms with van der Waals surface area (Å²) in [4.78, 5) is 11.3. The molecule has 94 valence electrons. The molecule has 5 nitrogen and oxygen atoms in total. The number of rotatable bonds is 4. The topological polar surface area (TPSA) is 81.2 Å². The lowest BCUT2D eigenvalue weighted by Crippen LogP contribution is -2.01. The maximum Gasteiger partial charge on any atom is 0.271 e. The molecule has 1 aromatic heterocycles. The second kappa shape index (κ2) is 5.36. The van der Waals surface area contributed by atoms with Crippen molar-refractivity contribution in [3.63, 3.8) is 0 Å². The summed E-state index contributed by atoms with van der Waals surface area (Å²) in [5, 5.41) is 13.7. The van der Waals surface area contributed by atoms with Crippen LogP contribution in [0.2, 0.25) is 0 Å². The molecule has 0 saturated carbocycles. The summed E-state index contributed by atoms with van der Waals surface area (Å²) in [6.07, 6.45) is 0. The third-order valence-electron chi connectivity index (χ3n) is 2.33. The number of hydrogen-bond acceptors (Lipinski definition) is 5. The van der Waals surface area contributed by atoms with Gasteiger partial charge in [0.15, 0.2) is 0 Å². The standard InChI is InChI=1S/C11H10BrN3O2S/c12-11-4-2-8(18-11)6-14-10-3-1-7(15(16)17)5-9(10)13/h1-5,14H,6,13H2. The number of nitrogens with zero attached hydrogens (tertiary/aromatic N) is 1. The Kier molecular flexibility index (Phi) is 3.83. The molecule has 0 amide bonds. The number of nitrogens with one attached hydrogen (secondary N) is 1. The van der Waals surface area contributed by atoms with Gasteiger partial charge in [0.2, 0.25) is 0 Å². The molecule has 1 heterocycles. The number of thiophene rings is 1. The van der Waals surface area contributed by atoms with E-state index in [-0.39, 0.29) is 5.69 Å². The van der Waals surface area contributed by atoms with Crippen molar-refractivity contribution in [2.75, 3.05) is 11.1 Å². The molecule has 0 radical (unpaired) electrons. The highest BCUT2D eigenvalue weighted by Gasteiger charge is 2.08. The Hall–Kier alpha value is -1.60. The van der Waals surface area contributed by atoms with Crippen molar-refractivity contribution in [2.24, 2.45) is 0 Å². The molecule has 0 saturated heterocycles. The van der Waals surface area contributed by atoms with Crippen LogP contribution >= 0.6 is 27.3 Å². The fourth-order valence-electron chi connectivity index (χ4n) is 1.45. The highest BCUT2D eigenvalue weighted by atomic mass is 79.9. The average Bonchev–Trinajstić information content (AvgIpc) is 2.73. The molecule has 0 aliphatic heterocycles. The number of nitro groups is 1. The predicted molar refractivity (Wildman–Crippen MR) is 76.9 cm³/mol. The zero-order valence-electron chi connectivity index (χ0n) is 9.22. The molecule has 0 bridgehead atoms. The van der Waals surface area contributed by atoms with Gasteiger partial charge in [-0.2, -0.15) is 0 Å². The first-order chi connectivity index (χ1) is 8.56. The van der Waals surface area contributed by atoms with E-state index < -0.39 is 4.92 Å². The van der Waals surface area contributed by atoms with Gasteiger partial charge < -0.3 is 11.1 Å². The molecule has 18 heavy (non-hydrogen) atoms. The lowest BCUT2D eigenvalue weighted by molar-refractivity contribution is -0.384. The van der Waals surface area contributed by atoms with Gasteiger partial charge >= 0.3 is 0 Å². The Balaban J connectivity index is 2.08. The van der Waals surface area contributed by atoms with Crippen LogP contribution in [0.1, 0.15) is 4.88 Å². The SMILES string of the molecule is Nc1cc([N+](=O)[O-])ccc1NCc1ccc(Br)s1. The maximum atomic E-state index is 10.6. The van der Waals surface area contributed by atoms with Gasteiger partial charge in [-0.3, -0.25) is 10.1 Å². The zero-order valence-corrected chi connectivity index (χ0v) is 11.6. The Bertz CT molecular complexity index is 585. The fraction of sp³-hybridized carbons (Fsp3) is 0.0909. The van der Waals surface area contributed by atoms with Crippen molar-refractivity contribution in [1.29, 1.82) is 0 Å². The Morgan fingerprint density at radius 2 is 2.17 bits per heavy atom. The van der Waals surface area contributed by atoms with Crippen LogP contribution in [-0.4, -0.2) is 4.92 Å². The van der Waals surface area contributed by atoms with Crippen LogP contribution in [0.15, 0.2) is 34.1 Å². The molecule has 0 spiro atoms. The van der Waals surface area contributed by atoms with Crippen molar-refractivity contribution < 1.29 is 4.92 Å². The lowest BCUT2D eigenvalue weighted by atomic mass is 10.2. The molecule has 0 aliphatic rings. The van der Waals surface area contributed by atoms with Gasteiger partial charge in [0.05, 0.1) is 20.1 Å². The van der Waals surface area contributed by atoms with Crippen molar-refractivity contribution in [3.05, 3.63) is 49.1 Å². The molecule has 0 unspecified atom stereocenters.